The fourth-order valence-electron chi connectivity index (χ4n) is 2.69. The van der Waals surface area contributed by atoms with Crippen molar-refractivity contribution >= 4 is 39.6 Å². The molecule has 0 aliphatic carbocycles. The van der Waals surface area contributed by atoms with Crippen molar-refractivity contribution in [1.29, 1.82) is 5.26 Å². The van der Waals surface area contributed by atoms with Crippen LogP contribution in [-0.4, -0.2) is 11.8 Å². The Hall–Kier alpha value is -4.11. The monoisotopic (exact) mass is 370 g/mol. The Balaban J connectivity index is 1.72. The Morgan fingerprint density at radius 3 is 2.21 bits per heavy atom. The Bertz CT molecular complexity index is 1090. The Morgan fingerprint density at radius 1 is 0.893 bits per heavy atom. The number of nitrogens with zero attached hydrogens (tertiary/aromatic N) is 1. The van der Waals surface area contributed by atoms with Gasteiger partial charge in [-0.3, -0.25) is 9.59 Å². The summed E-state index contributed by atoms with van der Waals surface area (Å²) in [7, 11) is 0. The second kappa shape index (κ2) is 8.52. The van der Waals surface area contributed by atoms with E-state index in [0.29, 0.717) is 11.4 Å². The summed E-state index contributed by atoms with van der Waals surface area (Å²) in [5.41, 5.74) is 1.89. The van der Waals surface area contributed by atoms with Crippen LogP contribution in [-0.2, 0) is 9.59 Å². The molecule has 0 aliphatic heterocycles. The van der Waals surface area contributed by atoms with E-state index < -0.39 is 5.91 Å². The van der Waals surface area contributed by atoms with Gasteiger partial charge in [-0.05, 0) is 35.7 Å². The van der Waals surface area contributed by atoms with Gasteiger partial charge in [-0.2, -0.15) is 5.26 Å². The first-order chi connectivity index (χ1) is 13.6. The van der Waals surface area contributed by atoms with E-state index in [1.54, 1.807) is 24.3 Å². The minimum Gasteiger partial charge on any atom is -0.360 e. The summed E-state index contributed by atoms with van der Waals surface area (Å²) in [6, 6.07) is 22.2. The largest absolute Gasteiger partial charge is 0.360 e. The highest BCUT2D eigenvalue weighted by Gasteiger charge is 2.10. The fraction of sp³-hybridized carbons (Fsp3) is 0.0455. The third-order valence-corrected chi connectivity index (χ3v) is 3.99. The van der Waals surface area contributed by atoms with Crippen LogP contribution in [0.4, 0.5) is 17.1 Å². The number of hydrogen-bond acceptors (Lipinski definition) is 4. The Morgan fingerprint density at radius 2 is 1.54 bits per heavy atom. The second-order valence-electron chi connectivity index (χ2n) is 6.05. The van der Waals surface area contributed by atoms with Crippen LogP contribution in [0.25, 0.3) is 10.8 Å². The quantitative estimate of drug-likeness (QED) is 0.462. The van der Waals surface area contributed by atoms with Crippen molar-refractivity contribution in [2.45, 2.75) is 6.92 Å². The lowest BCUT2D eigenvalue weighted by Gasteiger charge is -2.08. The summed E-state index contributed by atoms with van der Waals surface area (Å²) in [6.07, 6.45) is 1.39. The summed E-state index contributed by atoms with van der Waals surface area (Å²) in [5.74, 6) is -0.700. The molecule has 0 aliphatic rings. The molecule has 0 atom stereocenters. The number of hydrogen-bond donors (Lipinski definition) is 3. The summed E-state index contributed by atoms with van der Waals surface area (Å²) in [6.45, 7) is 1.42. The molecule has 0 saturated carbocycles. The predicted molar refractivity (Wildman–Crippen MR) is 111 cm³/mol. The number of rotatable bonds is 5. The number of fused-ring (bicyclic) bond motifs is 1. The van der Waals surface area contributed by atoms with Gasteiger partial charge in [0.2, 0.25) is 5.91 Å². The summed E-state index contributed by atoms with van der Waals surface area (Å²) in [4.78, 5) is 23.4. The molecule has 0 spiro atoms. The molecule has 2 amide bonds. The first-order valence-electron chi connectivity index (χ1n) is 8.60. The number of carbonyl (C=O) groups excluding carboxylic acids is 2. The normalized spacial score (nSPS) is 10.8. The van der Waals surface area contributed by atoms with Crippen molar-refractivity contribution in [3.05, 3.63) is 78.5 Å². The molecule has 3 rings (SSSR count). The van der Waals surface area contributed by atoms with Crippen LogP contribution in [0.3, 0.4) is 0 Å². The third-order valence-electron chi connectivity index (χ3n) is 3.99. The number of anilines is 3. The van der Waals surface area contributed by atoms with Gasteiger partial charge >= 0.3 is 0 Å². The zero-order chi connectivity index (χ0) is 19.9. The third kappa shape index (κ3) is 4.54. The maximum atomic E-state index is 12.4. The van der Waals surface area contributed by atoms with Crippen LogP contribution < -0.4 is 16.0 Å². The van der Waals surface area contributed by atoms with E-state index in [1.165, 1.54) is 13.1 Å². The standard InChI is InChI=1S/C22H18N4O2/c1-15(27)25-18-9-11-19(12-10-18)26-22(28)17(13-23)14-24-21-8-4-6-16-5-2-3-7-20(16)21/h2-12,14,24H,1H3,(H,25,27)(H,26,28)/b17-14-. The molecular formula is C22H18N4O2. The van der Waals surface area contributed by atoms with E-state index >= 15 is 0 Å². The molecule has 6 heteroatoms. The minimum atomic E-state index is -0.525. The molecular weight excluding hydrogens is 352 g/mol. The van der Waals surface area contributed by atoms with Crippen LogP contribution in [0.2, 0.25) is 0 Å². The molecule has 3 aromatic carbocycles. The molecule has 3 N–H and O–H groups in total. The van der Waals surface area contributed by atoms with E-state index in [0.717, 1.165) is 16.5 Å². The van der Waals surface area contributed by atoms with Gasteiger partial charge < -0.3 is 16.0 Å². The molecule has 138 valence electrons. The van der Waals surface area contributed by atoms with Gasteiger partial charge in [0.25, 0.3) is 5.91 Å². The van der Waals surface area contributed by atoms with Crippen molar-refractivity contribution in [3.8, 4) is 6.07 Å². The highest BCUT2D eigenvalue weighted by molar-refractivity contribution is 6.07. The van der Waals surface area contributed by atoms with E-state index in [1.807, 2.05) is 48.5 Å². The second-order valence-corrected chi connectivity index (χ2v) is 6.05. The number of nitriles is 1. The Labute approximate surface area is 162 Å². The van der Waals surface area contributed by atoms with Gasteiger partial charge in [-0.1, -0.05) is 36.4 Å². The van der Waals surface area contributed by atoms with Crippen molar-refractivity contribution < 1.29 is 9.59 Å². The fourth-order valence-corrected chi connectivity index (χ4v) is 2.69. The zero-order valence-electron chi connectivity index (χ0n) is 15.2. The van der Waals surface area contributed by atoms with Crippen molar-refractivity contribution in [3.63, 3.8) is 0 Å². The van der Waals surface area contributed by atoms with Crippen LogP contribution in [0.15, 0.2) is 78.5 Å². The average molecular weight is 370 g/mol. The van der Waals surface area contributed by atoms with Crippen LogP contribution in [0.5, 0.6) is 0 Å². The molecule has 6 nitrogen and oxygen atoms in total. The SMILES string of the molecule is CC(=O)Nc1ccc(NC(=O)/C(C#N)=C\Nc2cccc3ccccc23)cc1. The molecule has 3 aromatic rings. The lowest BCUT2D eigenvalue weighted by molar-refractivity contribution is -0.114. The molecule has 0 radical (unpaired) electrons. The summed E-state index contributed by atoms with van der Waals surface area (Å²) in [5, 5.41) is 19.7. The first-order valence-corrected chi connectivity index (χ1v) is 8.60. The molecule has 0 saturated heterocycles. The number of benzene rings is 3. The highest BCUT2D eigenvalue weighted by atomic mass is 16.2. The molecule has 0 bridgehead atoms. The summed E-state index contributed by atoms with van der Waals surface area (Å²) >= 11 is 0. The number of amides is 2. The number of nitrogens with one attached hydrogen (secondary N) is 3. The first kappa shape index (κ1) is 18.7. The highest BCUT2D eigenvalue weighted by Crippen LogP contribution is 2.23. The number of carbonyl (C=O) groups is 2. The predicted octanol–water partition coefficient (Wildman–Crippen LogP) is 4.26. The van der Waals surface area contributed by atoms with Crippen molar-refractivity contribution in [2.24, 2.45) is 0 Å². The lowest BCUT2D eigenvalue weighted by atomic mass is 10.1. The van der Waals surface area contributed by atoms with Gasteiger partial charge in [-0.15, -0.1) is 0 Å². The molecule has 0 heterocycles. The maximum Gasteiger partial charge on any atom is 0.267 e. The topological polar surface area (TPSA) is 94.0 Å². The van der Waals surface area contributed by atoms with E-state index in [-0.39, 0.29) is 11.5 Å². The van der Waals surface area contributed by atoms with E-state index in [9.17, 15) is 14.9 Å². The van der Waals surface area contributed by atoms with Crippen LogP contribution in [0.1, 0.15) is 6.92 Å². The van der Waals surface area contributed by atoms with Gasteiger partial charge in [-0.25, -0.2) is 0 Å². The van der Waals surface area contributed by atoms with Gasteiger partial charge in [0.05, 0.1) is 0 Å². The van der Waals surface area contributed by atoms with Gasteiger partial charge in [0.15, 0.2) is 0 Å². The molecule has 0 aromatic heterocycles. The molecule has 0 fully saturated rings. The van der Waals surface area contributed by atoms with Gasteiger partial charge in [0.1, 0.15) is 11.6 Å². The lowest BCUT2D eigenvalue weighted by Crippen LogP contribution is -2.14. The van der Waals surface area contributed by atoms with Crippen molar-refractivity contribution in [1.82, 2.24) is 0 Å². The molecule has 28 heavy (non-hydrogen) atoms. The maximum absolute atomic E-state index is 12.4. The Kier molecular flexibility index (Phi) is 5.68. The van der Waals surface area contributed by atoms with Gasteiger partial charge in [0, 0.05) is 35.6 Å². The van der Waals surface area contributed by atoms with Crippen molar-refractivity contribution in [2.75, 3.05) is 16.0 Å². The van der Waals surface area contributed by atoms with E-state index in [4.69, 9.17) is 0 Å². The minimum absolute atomic E-state index is 0.0566. The van der Waals surface area contributed by atoms with Crippen LogP contribution in [0, 0.1) is 11.3 Å². The molecule has 0 unspecified atom stereocenters. The van der Waals surface area contributed by atoms with E-state index in [2.05, 4.69) is 16.0 Å². The average Bonchev–Trinajstić information content (AvgIpc) is 2.69. The smallest absolute Gasteiger partial charge is 0.267 e. The summed E-state index contributed by atoms with van der Waals surface area (Å²) < 4.78 is 0. The zero-order valence-corrected chi connectivity index (χ0v) is 15.2. The van der Waals surface area contributed by atoms with Crippen LogP contribution >= 0.6 is 0 Å².